The van der Waals surface area contributed by atoms with Gasteiger partial charge in [-0.05, 0) is 48.4 Å². The average molecular weight is 405 g/mol. The molecule has 2 fully saturated rings. The van der Waals surface area contributed by atoms with E-state index < -0.39 is 17.9 Å². The van der Waals surface area contributed by atoms with Crippen LogP contribution in [0.2, 0.25) is 5.02 Å². The fourth-order valence-electron chi connectivity index (χ4n) is 4.65. The molecule has 2 aliphatic rings. The lowest BCUT2D eigenvalue weighted by Gasteiger charge is -2.30. The van der Waals surface area contributed by atoms with Gasteiger partial charge in [-0.15, -0.1) is 0 Å². The van der Waals surface area contributed by atoms with Crippen LogP contribution in [0.5, 0.6) is 0 Å². The van der Waals surface area contributed by atoms with E-state index in [0.717, 1.165) is 30.4 Å². The maximum absolute atomic E-state index is 15.0. The van der Waals surface area contributed by atoms with E-state index in [2.05, 4.69) is 6.92 Å². The Bertz CT molecular complexity index is 869. The molecule has 0 saturated carbocycles. The molecular formula is C22H23ClF2N2O. The van der Waals surface area contributed by atoms with Crippen molar-refractivity contribution in [3.63, 3.8) is 0 Å². The van der Waals surface area contributed by atoms with Gasteiger partial charge < -0.3 is 10.6 Å². The second-order valence-corrected chi connectivity index (χ2v) is 8.38. The molecule has 2 aliphatic heterocycles. The second kappa shape index (κ2) is 7.12. The fourth-order valence-corrected chi connectivity index (χ4v) is 4.78. The van der Waals surface area contributed by atoms with Crippen LogP contribution in [0.1, 0.15) is 31.7 Å². The van der Waals surface area contributed by atoms with Crippen LogP contribution < -0.4 is 5.73 Å². The third kappa shape index (κ3) is 3.20. The third-order valence-corrected chi connectivity index (χ3v) is 6.46. The first-order valence-electron chi connectivity index (χ1n) is 9.61. The molecule has 2 saturated heterocycles. The molecule has 4 unspecified atom stereocenters. The molecule has 2 aromatic carbocycles. The summed E-state index contributed by atoms with van der Waals surface area (Å²) in [6.45, 7) is 2.07. The summed E-state index contributed by atoms with van der Waals surface area (Å²) in [4.78, 5) is 14.4. The first-order valence-corrected chi connectivity index (χ1v) is 9.99. The quantitative estimate of drug-likeness (QED) is 0.793. The number of hydrogen-bond donors (Lipinski definition) is 1. The molecule has 4 atom stereocenters. The highest BCUT2D eigenvalue weighted by Gasteiger charge is 2.52. The number of halogens is 3. The lowest BCUT2D eigenvalue weighted by atomic mass is 9.91. The van der Waals surface area contributed by atoms with Crippen molar-refractivity contribution in [2.75, 3.05) is 0 Å². The van der Waals surface area contributed by atoms with Gasteiger partial charge in [0.2, 0.25) is 5.91 Å². The molecule has 0 aromatic heterocycles. The molecule has 28 heavy (non-hydrogen) atoms. The Morgan fingerprint density at radius 2 is 1.68 bits per heavy atom. The van der Waals surface area contributed by atoms with Crippen molar-refractivity contribution in [3.8, 4) is 11.1 Å². The van der Waals surface area contributed by atoms with Gasteiger partial charge in [-0.3, -0.25) is 4.79 Å². The summed E-state index contributed by atoms with van der Waals surface area (Å²) in [5.41, 5.74) is 7.24. The van der Waals surface area contributed by atoms with Gasteiger partial charge in [-0.1, -0.05) is 54.9 Å². The van der Waals surface area contributed by atoms with E-state index in [4.69, 9.17) is 17.3 Å². The smallest absolute Gasteiger partial charge is 0.296 e. The maximum atomic E-state index is 15.0. The van der Waals surface area contributed by atoms with Crippen molar-refractivity contribution in [1.29, 1.82) is 0 Å². The highest BCUT2D eigenvalue weighted by atomic mass is 35.5. The number of fused-ring (bicyclic) bond motifs is 2. The zero-order valence-corrected chi connectivity index (χ0v) is 16.4. The first-order chi connectivity index (χ1) is 13.3. The second-order valence-electron chi connectivity index (χ2n) is 7.94. The summed E-state index contributed by atoms with van der Waals surface area (Å²) >= 11 is 5.89. The predicted octanol–water partition coefficient (Wildman–Crippen LogP) is 4.83. The van der Waals surface area contributed by atoms with E-state index in [1.54, 1.807) is 29.2 Å². The summed E-state index contributed by atoms with van der Waals surface area (Å²) in [5.74, 6) is -3.72. The Balaban J connectivity index is 1.54. The minimum Gasteiger partial charge on any atom is -0.335 e. The number of carbonyl (C=O) groups excluding carboxylic acids is 1. The van der Waals surface area contributed by atoms with Gasteiger partial charge in [0.25, 0.3) is 5.92 Å². The molecule has 148 valence electrons. The zero-order chi connectivity index (χ0) is 20.1. The summed E-state index contributed by atoms with van der Waals surface area (Å²) in [7, 11) is 0. The largest absolute Gasteiger partial charge is 0.335 e. The first kappa shape index (κ1) is 19.3. The lowest BCUT2D eigenvalue weighted by Crippen LogP contribution is -2.53. The standard InChI is InChI=1S/C22H23ClF2N2O/c1-13-12-18-10-11-19(13)27(18)21(28)20(26)22(24,25)16-6-2-14(3-7-16)15-4-8-17(23)9-5-15/h2-9,13,18-20H,10-12,26H2,1H3. The van der Waals surface area contributed by atoms with Gasteiger partial charge in [0, 0.05) is 22.7 Å². The third-order valence-electron chi connectivity index (χ3n) is 6.21. The molecule has 0 radical (unpaired) electrons. The van der Waals surface area contributed by atoms with E-state index in [1.807, 2.05) is 12.1 Å². The molecular weight excluding hydrogens is 382 g/mol. The van der Waals surface area contributed by atoms with Gasteiger partial charge >= 0.3 is 0 Å². The molecule has 1 amide bonds. The van der Waals surface area contributed by atoms with E-state index in [0.29, 0.717) is 10.9 Å². The minimum absolute atomic E-state index is 0.0478. The molecule has 6 heteroatoms. The molecule has 2 heterocycles. The van der Waals surface area contributed by atoms with Crippen LogP contribution >= 0.6 is 11.6 Å². The number of nitrogens with zero attached hydrogens (tertiary/aromatic N) is 1. The van der Waals surface area contributed by atoms with Crippen molar-refractivity contribution in [2.24, 2.45) is 11.7 Å². The minimum atomic E-state index is -3.43. The van der Waals surface area contributed by atoms with Crippen LogP contribution in [0.25, 0.3) is 11.1 Å². The Kier molecular flexibility index (Phi) is 4.92. The Morgan fingerprint density at radius 3 is 2.18 bits per heavy atom. The molecule has 0 spiro atoms. The lowest BCUT2D eigenvalue weighted by molar-refractivity contribution is -0.144. The van der Waals surface area contributed by atoms with Crippen LogP contribution in [0.15, 0.2) is 48.5 Å². The van der Waals surface area contributed by atoms with Gasteiger partial charge in [0.05, 0.1) is 0 Å². The highest BCUT2D eigenvalue weighted by Crippen LogP contribution is 2.43. The SMILES string of the molecule is CC1CC2CCC1N2C(=O)C(N)C(F)(F)c1ccc(-c2ccc(Cl)cc2)cc1. The van der Waals surface area contributed by atoms with Crippen molar-refractivity contribution in [1.82, 2.24) is 4.90 Å². The van der Waals surface area contributed by atoms with Crippen LogP contribution in [0.3, 0.4) is 0 Å². The number of benzene rings is 2. The number of nitrogens with two attached hydrogens (primary N) is 1. The van der Waals surface area contributed by atoms with Crippen molar-refractivity contribution < 1.29 is 13.6 Å². The van der Waals surface area contributed by atoms with Crippen LogP contribution in [0, 0.1) is 5.92 Å². The van der Waals surface area contributed by atoms with Crippen molar-refractivity contribution >= 4 is 17.5 Å². The van der Waals surface area contributed by atoms with E-state index >= 15 is 8.78 Å². The molecule has 2 N–H and O–H groups in total. The maximum Gasteiger partial charge on any atom is 0.296 e. The molecule has 2 aromatic rings. The van der Waals surface area contributed by atoms with Crippen LogP contribution in [-0.2, 0) is 10.7 Å². The topological polar surface area (TPSA) is 46.3 Å². The van der Waals surface area contributed by atoms with E-state index in [-0.39, 0.29) is 17.6 Å². The van der Waals surface area contributed by atoms with E-state index in [9.17, 15) is 4.79 Å². The fraction of sp³-hybridized carbons (Fsp3) is 0.409. The monoisotopic (exact) mass is 404 g/mol. The van der Waals surface area contributed by atoms with Crippen LogP contribution in [-0.4, -0.2) is 28.9 Å². The van der Waals surface area contributed by atoms with E-state index in [1.165, 1.54) is 12.1 Å². The molecule has 4 rings (SSSR count). The molecule has 2 bridgehead atoms. The summed E-state index contributed by atoms with van der Waals surface area (Å²) in [6.07, 6.45) is 2.64. The van der Waals surface area contributed by atoms with Gasteiger partial charge in [0.1, 0.15) is 0 Å². The highest BCUT2D eigenvalue weighted by molar-refractivity contribution is 6.30. The average Bonchev–Trinajstić information content (AvgIpc) is 3.24. The normalized spacial score (nSPS) is 25.2. The van der Waals surface area contributed by atoms with Crippen molar-refractivity contribution in [3.05, 3.63) is 59.1 Å². The number of rotatable bonds is 4. The van der Waals surface area contributed by atoms with Crippen molar-refractivity contribution in [2.45, 2.75) is 50.2 Å². The number of alkyl halides is 2. The number of carbonyl (C=O) groups is 1. The predicted molar refractivity (Wildman–Crippen MR) is 106 cm³/mol. The molecule has 3 nitrogen and oxygen atoms in total. The summed E-state index contributed by atoms with van der Waals surface area (Å²) in [5, 5.41) is 0.613. The van der Waals surface area contributed by atoms with Gasteiger partial charge in [0.15, 0.2) is 6.04 Å². The zero-order valence-electron chi connectivity index (χ0n) is 15.6. The Hall–Kier alpha value is -1.98. The summed E-state index contributed by atoms with van der Waals surface area (Å²) < 4.78 is 30.0. The van der Waals surface area contributed by atoms with Gasteiger partial charge in [-0.25, -0.2) is 0 Å². The molecule has 0 aliphatic carbocycles. The van der Waals surface area contributed by atoms with Crippen LogP contribution in [0.4, 0.5) is 8.78 Å². The number of hydrogen-bond acceptors (Lipinski definition) is 2. The Morgan fingerprint density at radius 1 is 1.11 bits per heavy atom. The Labute approximate surface area is 168 Å². The number of amides is 1. The van der Waals surface area contributed by atoms with Gasteiger partial charge in [-0.2, -0.15) is 8.78 Å². The summed E-state index contributed by atoms with van der Waals surface area (Å²) in [6, 6.07) is 11.3.